The first-order chi connectivity index (χ1) is 18.5. The van der Waals surface area contributed by atoms with E-state index in [0.29, 0.717) is 18.0 Å². The number of sulfonamides is 1. The van der Waals surface area contributed by atoms with Crippen LogP contribution >= 0.6 is 23.2 Å². The number of carbonyl (C=O) groups excluding carboxylic acids is 2. The molecular weight excluding hydrogens is 557 g/mol. The van der Waals surface area contributed by atoms with Crippen LogP contribution in [0.4, 0.5) is 5.69 Å². The van der Waals surface area contributed by atoms with Gasteiger partial charge in [-0.1, -0.05) is 79.2 Å². The number of anilines is 1. The third kappa shape index (κ3) is 9.12. The maximum Gasteiger partial charge on any atom is 0.243 e. The summed E-state index contributed by atoms with van der Waals surface area (Å²) in [6.07, 6.45) is 7.20. The zero-order chi connectivity index (χ0) is 28.6. The third-order valence-electron chi connectivity index (χ3n) is 7.14. The predicted molar refractivity (Wildman–Crippen MR) is 159 cm³/mol. The zero-order valence-corrected chi connectivity index (χ0v) is 25.3. The van der Waals surface area contributed by atoms with Crippen LogP contribution in [0.25, 0.3) is 0 Å². The quantitative estimate of drug-likeness (QED) is 0.321. The van der Waals surface area contributed by atoms with Crippen molar-refractivity contribution in [2.75, 3.05) is 17.1 Å². The maximum absolute atomic E-state index is 13.6. The lowest BCUT2D eigenvalue weighted by Gasteiger charge is -2.33. The monoisotopic (exact) mass is 595 g/mol. The molecule has 0 radical (unpaired) electrons. The second kappa shape index (κ2) is 14.4. The van der Waals surface area contributed by atoms with E-state index in [-0.39, 0.29) is 48.0 Å². The Labute approximate surface area is 242 Å². The molecule has 7 nitrogen and oxygen atoms in total. The van der Waals surface area contributed by atoms with Gasteiger partial charge in [-0.15, -0.1) is 0 Å². The van der Waals surface area contributed by atoms with Gasteiger partial charge in [0, 0.05) is 30.6 Å². The number of amides is 2. The Kier molecular flexibility index (Phi) is 11.5. The molecule has 39 heavy (non-hydrogen) atoms. The molecule has 2 aromatic carbocycles. The van der Waals surface area contributed by atoms with Crippen LogP contribution < -0.4 is 9.62 Å². The van der Waals surface area contributed by atoms with Crippen molar-refractivity contribution in [3.8, 4) is 0 Å². The molecule has 0 saturated heterocycles. The Balaban J connectivity index is 1.77. The van der Waals surface area contributed by atoms with Crippen LogP contribution in [0.15, 0.2) is 42.5 Å². The summed E-state index contributed by atoms with van der Waals surface area (Å²) >= 11 is 12.4. The first-order valence-electron chi connectivity index (χ1n) is 13.6. The van der Waals surface area contributed by atoms with E-state index in [0.717, 1.165) is 43.1 Å². The van der Waals surface area contributed by atoms with Crippen LogP contribution in [0, 0.1) is 6.92 Å². The van der Waals surface area contributed by atoms with Gasteiger partial charge in [0.05, 0.1) is 17.0 Å². The van der Waals surface area contributed by atoms with Gasteiger partial charge in [-0.05, 0) is 56.4 Å². The van der Waals surface area contributed by atoms with Crippen molar-refractivity contribution in [3.63, 3.8) is 0 Å². The molecule has 1 aliphatic carbocycles. The van der Waals surface area contributed by atoms with E-state index in [1.807, 2.05) is 38.1 Å². The highest BCUT2D eigenvalue weighted by Crippen LogP contribution is 2.31. The number of aryl methyl sites for hydroxylation is 1. The fraction of sp³-hybridized carbons (Fsp3) is 0.517. The molecule has 2 aromatic rings. The van der Waals surface area contributed by atoms with Gasteiger partial charge in [-0.2, -0.15) is 0 Å². The van der Waals surface area contributed by atoms with Crippen molar-refractivity contribution in [3.05, 3.63) is 63.6 Å². The average molecular weight is 597 g/mol. The van der Waals surface area contributed by atoms with E-state index >= 15 is 0 Å². The number of halogens is 2. The summed E-state index contributed by atoms with van der Waals surface area (Å²) in [4.78, 5) is 28.7. The van der Waals surface area contributed by atoms with E-state index in [1.165, 1.54) is 16.8 Å². The second-order valence-corrected chi connectivity index (χ2v) is 13.1. The van der Waals surface area contributed by atoms with Crippen LogP contribution in [0.3, 0.4) is 0 Å². The molecule has 1 fully saturated rings. The van der Waals surface area contributed by atoms with Crippen molar-refractivity contribution in [1.29, 1.82) is 0 Å². The minimum Gasteiger partial charge on any atom is -0.352 e. The Morgan fingerprint density at radius 2 is 1.72 bits per heavy atom. The van der Waals surface area contributed by atoms with Gasteiger partial charge in [0.25, 0.3) is 0 Å². The van der Waals surface area contributed by atoms with Gasteiger partial charge < -0.3 is 10.2 Å². The number of nitrogens with one attached hydrogen (secondary N) is 1. The van der Waals surface area contributed by atoms with Crippen molar-refractivity contribution in [1.82, 2.24) is 10.2 Å². The molecule has 0 bridgehead atoms. The van der Waals surface area contributed by atoms with Crippen molar-refractivity contribution >= 4 is 50.7 Å². The van der Waals surface area contributed by atoms with Gasteiger partial charge in [-0.3, -0.25) is 13.9 Å². The fourth-order valence-electron chi connectivity index (χ4n) is 5.01. The van der Waals surface area contributed by atoms with Crippen molar-refractivity contribution in [2.45, 2.75) is 83.8 Å². The number of carbonyl (C=O) groups is 2. The highest BCUT2D eigenvalue weighted by molar-refractivity contribution is 7.92. The number of hydrogen-bond acceptors (Lipinski definition) is 4. The Hall–Kier alpha value is -2.29. The van der Waals surface area contributed by atoms with Crippen LogP contribution in [0.1, 0.15) is 69.4 Å². The molecule has 1 saturated carbocycles. The van der Waals surface area contributed by atoms with Crippen LogP contribution in [0.5, 0.6) is 0 Å². The van der Waals surface area contributed by atoms with Gasteiger partial charge in [-0.25, -0.2) is 8.42 Å². The Bertz CT molecular complexity index is 1230. The predicted octanol–water partition coefficient (Wildman–Crippen LogP) is 6.10. The normalized spacial score (nSPS) is 15.0. The maximum atomic E-state index is 13.6. The second-order valence-electron chi connectivity index (χ2n) is 10.3. The number of benzene rings is 2. The van der Waals surface area contributed by atoms with Gasteiger partial charge in [0.15, 0.2) is 0 Å². The third-order valence-corrected chi connectivity index (χ3v) is 8.87. The molecular formula is C29H39Cl2N3O4S. The summed E-state index contributed by atoms with van der Waals surface area (Å²) in [5.74, 6) is -0.333. The van der Waals surface area contributed by atoms with Gasteiger partial charge in [0.2, 0.25) is 21.8 Å². The molecule has 1 N–H and O–H groups in total. The summed E-state index contributed by atoms with van der Waals surface area (Å²) in [6.45, 7) is 4.26. The molecule has 0 heterocycles. The van der Waals surface area contributed by atoms with Gasteiger partial charge >= 0.3 is 0 Å². The minimum atomic E-state index is -3.68. The Morgan fingerprint density at radius 1 is 1.05 bits per heavy atom. The van der Waals surface area contributed by atoms with E-state index < -0.39 is 16.1 Å². The molecule has 3 rings (SSSR count). The van der Waals surface area contributed by atoms with Crippen LogP contribution in [0.2, 0.25) is 10.0 Å². The molecule has 10 heteroatoms. The fourth-order valence-corrected chi connectivity index (χ4v) is 6.42. The topological polar surface area (TPSA) is 86.8 Å². The zero-order valence-electron chi connectivity index (χ0n) is 23.0. The molecule has 214 valence electrons. The number of rotatable bonds is 12. The molecule has 1 atom stereocenters. The molecule has 0 aliphatic heterocycles. The van der Waals surface area contributed by atoms with Crippen molar-refractivity contribution in [2.24, 2.45) is 0 Å². The minimum absolute atomic E-state index is 0.0497. The van der Waals surface area contributed by atoms with E-state index in [1.54, 1.807) is 17.0 Å². The standard InChI is InChI=1S/C29H39Cl2N3O4S/c1-4-26(29(36)32-24-9-6-5-7-10-24)33(20-22-14-12-21(2)13-15-22)28(35)11-8-18-34(39(3,37)38)27-19-23(30)16-17-25(27)31/h12-17,19,24,26H,4-11,18,20H2,1-3H3,(H,32,36)/t26-/m1/s1. The van der Waals surface area contributed by atoms with Crippen LogP contribution in [-0.4, -0.2) is 50.0 Å². The highest BCUT2D eigenvalue weighted by Gasteiger charge is 2.30. The summed E-state index contributed by atoms with van der Waals surface area (Å²) in [5, 5.41) is 3.79. The van der Waals surface area contributed by atoms with E-state index in [9.17, 15) is 18.0 Å². The Morgan fingerprint density at radius 3 is 2.33 bits per heavy atom. The first kappa shape index (κ1) is 31.2. The van der Waals surface area contributed by atoms with E-state index in [4.69, 9.17) is 23.2 Å². The SMILES string of the molecule is CC[C@H](C(=O)NC1CCCCC1)N(Cc1ccc(C)cc1)C(=O)CCCN(c1cc(Cl)ccc1Cl)S(C)(=O)=O. The molecule has 0 spiro atoms. The lowest BCUT2D eigenvalue weighted by Crippen LogP contribution is -2.51. The summed E-state index contributed by atoms with van der Waals surface area (Å²) in [6, 6.07) is 12.1. The van der Waals surface area contributed by atoms with Crippen LogP contribution in [-0.2, 0) is 26.2 Å². The lowest BCUT2D eigenvalue weighted by atomic mass is 9.95. The lowest BCUT2D eigenvalue weighted by molar-refractivity contribution is -0.141. The first-order valence-corrected chi connectivity index (χ1v) is 16.2. The molecule has 2 amide bonds. The summed E-state index contributed by atoms with van der Waals surface area (Å²) < 4.78 is 26.3. The summed E-state index contributed by atoms with van der Waals surface area (Å²) in [5.41, 5.74) is 2.31. The van der Waals surface area contributed by atoms with Gasteiger partial charge in [0.1, 0.15) is 6.04 Å². The highest BCUT2D eigenvalue weighted by atomic mass is 35.5. The molecule has 1 aliphatic rings. The molecule has 0 aromatic heterocycles. The average Bonchev–Trinajstić information content (AvgIpc) is 2.89. The largest absolute Gasteiger partial charge is 0.352 e. The molecule has 0 unspecified atom stereocenters. The number of nitrogens with zero attached hydrogens (tertiary/aromatic N) is 2. The summed E-state index contributed by atoms with van der Waals surface area (Å²) in [7, 11) is -3.68. The smallest absolute Gasteiger partial charge is 0.243 e. The number of hydrogen-bond donors (Lipinski definition) is 1. The van der Waals surface area contributed by atoms with E-state index in [2.05, 4.69) is 5.32 Å². The van der Waals surface area contributed by atoms with Crippen molar-refractivity contribution < 1.29 is 18.0 Å².